The van der Waals surface area contributed by atoms with Crippen LogP contribution in [0, 0.1) is 6.92 Å². The van der Waals surface area contributed by atoms with Gasteiger partial charge in [-0.3, -0.25) is 9.80 Å². The SMILES string of the molecule is Cc1cccc(CN2CCN(CC=Cc3ccccc3)CC2)c1.O=C(O)C(=O)O. The minimum absolute atomic E-state index is 1.05. The molecule has 0 amide bonds. The third-order valence-corrected chi connectivity index (χ3v) is 4.61. The molecule has 2 aromatic carbocycles. The molecule has 3 rings (SSSR count). The third-order valence-electron chi connectivity index (χ3n) is 4.61. The normalized spacial score (nSPS) is 14.9. The molecule has 0 aromatic heterocycles. The second kappa shape index (κ2) is 11.8. The van der Waals surface area contributed by atoms with E-state index in [0.29, 0.717) is 0 Å². The van der Waals surface area contributed by atoms with E-state index in [1.165, 1.54) is 16.7 Å². The lowest BCUT2D eigenvalue weighted by molar-refractivity contribution is -0.159. The summed E-state index contributed by atoms with van der Waals surface area (Å²) in [7, 11) is 0. The molecule has 0 radical (unpaired) electrons. The highest BCUT2D eigenvalue weighted by Crippen LogP contribution is 2.10. The number of carbonyl (C=O) groups is 2. The van der Waals surface area contributed by atoms with Crippen LogP contribution in [0.5, 0.6) is 0 Å². The second-order valence-electron chi connectivity index (χ2n) is 6.99. The Morgan fingerprint density at radius 2 is 1.52 bits per heavy atom. The predicted octanol–water partition coefficient (Wildman–Crippen LogP) is 2.98. The number of aryl methyl sites for hydroxylation is 1. The summed E-state index contributed by atoms with van der Waals surface area (Å²) in [5.74, 6) is -3.65. The van der Waals surface area contributed by atoms with Crippen LogP contribution in [0.3, 0.4) is 0 Å². The number of carboxylic acid groups (broad SMARTS) is 2. The van der Waals surface area contributed by atoms with Gasteiger partial charge in [-0.05, 0) is 18.1 Å². The van der Waals surface area contributed by atoms with Gasteiger partial charge in [0, 0.05) is 39.3 Å². The van der Waals surface area contributed by atoms with Crippen molar-refractivity contribution >= 4 is 18.0 Å². The molecule has 0 spiro atoms. The van der Waals surface area contributed by atoms with Crippen LogP contribution in [0.2, 0.25) is 0 Å². The van der Waals surface area contributed by atoms with Crippen LogP contribution in [0.1, 0.15) is 16.7 Å². The van der Waals surface area contributed by atoms with Gasteiger partial charge in [0.1, 0.15) is 0 Å². The maximum atomic E-state index is 9.10. The molecule has 0 saturated carbocycles. The van der Waals surface area contributed by atoms with Crippen molar-refractivity contribution in [2.75, 3.05) is 32.7 Å². The van der Waals surface area contributed by atoms with E-state index >= 15 is 0 Å². The molecule has 1 heterocycles. The molecule has 1 aliphatic heterocycles. The Hall–Kier alpha value is -2.96. The lowest BCUT2D eigenvalue weighted by Crippen LogP contribution is -2.45. The molecule has 0 atom stereocenters. The van der Waals surface area contributed by atoms with Crippen molar-refractivity contribution < 1.29 is 19.8 Å². The van der Waals surface area contributed by atoms with Crippen LogP contribution in [-0.4, -0.2) is 64.7 Å². The molecule has 154 valence electrons. The van der Waals surface area contributed by atoms with Gasteiger partial charge in [-0.15, -0.1) is 0 Å². The van der Waals surface area contributed by atoms with Crippen LogP contribution < -0.4 is 0 Å². The van der Waals surface area contributed by atoms with Gasteiger partial charge in [0.2, 0.25) is 0 Å². The van der Waals surface area contributed by atoms with E-state index in [9.17, 15) is 0 Å². The van der Waals surface area contributed by atoms with Crippen LogP contribution >= 0.6 is 0 Å². The summed E-state index contributed by atoms with van der Waals surface area (Å²) in [6.45, 7) is 8.93. The number of carboxylic acids is 2. The van der Waals surface area contributed by atoms with Crippen molar-refractivity contribution in [1.29, 1.82) is 0 Å². The minimum atomic E-state index is -1.82. The van der Waals surface area contributed by atoms with Crippen molar-refractivity contribution in [1.82, 2.24) is 9.80 Å². The van der Waals surface area contributed by atoms with Crippen LogP contribution in [0.25, 0.3) is 6.08 Å². The molecular weight excluding hydrogens is 368 g/mol. The molecule has 29 heavy (non-hydrogen) atoms. The molecule has 6 nitrogen and oxygen atoms in total. The second-order valence-corrected chi connectivity index (χ2v) is 6.99. The zero-order valence-corrected chi connectivity index (χ0v) is 16.7. The van der Waals surface area contributed by atoms with E-state index in [0.717, 1.165) is 39.3 Å². The van der Waals surface area contributed by atoms with Gasteiger partial charge < -0.3 is 10.2 Å². The van der Waals surface area contributed by atoms with Crippen molar-refractivity contribution in [2.24, 2.45) is 0 Å². The topological polar surface area (TPSA) is 81.1 Å². The van der Waals surface area contributed by atoms with E-state index in [1.807, 2.05) is 0 Å². The number of benzene rings is 2. The monoisotopic (exact) mass is 396 g/mol. The summed E-state index contributed by atoms with van der Waals surface area (Å²) in [6, 6.07) is 19.4. The van der Waals surface area contributed by atoms with Gasteiger partial charge in [-0.1, -0.05) is 72.3 Å². The zero-order valence-electron chi connectivity index (χ0n) is 16.7. The van der Waals surface area contributed by atoms with Crippen molar-refractivity contribution in [3.63, 3.8) is 0 Å². The van der Waals surface area contributed by atoms with Crippen LogP contribution in [0.4, 0.5) is 0 Å². The number of hydrogen-bond donors (Lipinski definition) is 2. The molecule has 1 saturated heterocycles. The highest BCUT2D eigenvalue weighted by molar-refractivity contribution is 6.27. The first kappa shape index (κ1) is 22.3. The highest BCUT2D eigenvalue weighted by Gasteiger charge is 2.15. The Bertz CT molecular complexity index is 801. The quantitative estimate of drug-likeness (QED) is 0.757. The van der Waals surface area contributed by atoms with E-state index in [4.69, 9.17) is 19.8 Å². The van der Waals surface area contributed by atoms with Gasteiger partial charge in [0.05, 0.1) is 0 Å². The summed E-state index contributed by atoms with van der Waals surface area (Å²) in [4.78, 5) is 23.3. The molecule has 0 aliphatic carbocycles. The first-order chi connectivity index (χ1) is 13.9. The number of hydrogen-bond acceptors (Lipinski definition) is 4. The summed E-state index contributed by atoms with van der Waals surface area (Å²) in [6.07, 6.45) is 4.50. The van der Waals surface area contributed by atoms with Crippen molar-refractivity contribution in [2.45, 2.75) is 13.5 Å². The molecule has 0 unspecified atom stereocenters. The Morgan fingerprint density at radius 3 is 2.10 bits per heavy atom. The van der Waals surface area contributed by atoms with Gasteiger partial charge >= 0.3 is 11.9 Å². The Kier molecular flexibility index (Phi) is 9.08. The first-order valence-corrected chi connectivity index (χ1v) is 9.62. The molecule has 2 N–H and O–H groups in total. The van der Waals surface area contributed by atoms with Crippen molar-refractivity contribution in [3.8, 4) is 0 Å². The zero-order chi connectivity index (χ0) is 21.1. The third kappa shape index (κ3) is 8.72. The lowest BCUT2D eigenvalue weighted by atomic mass is 10.1. The minimum Gasteiger partial charge on any atom is -0.473 e. The number of piperazine rings is 1. The fourth-order valence-corrected chi connectivity index (χ4v) is 3.10. The molecular formula is C23H28N2O4. The summed E-state index contributed by atoms with van der Waals surface area (Å²) < 4.78 is 0. The van der Waals surface area contributed by atoms with Gasteiger partial charge in [0.25, 0.3) is 0 Å². The smallest absolute Gasteiger partial charge is 0.414 e. The number of rotatable bonds is 5. The molecule has 1 aliphatic rings. The van der Waals surface area contributed by atoms with E-state index < -0.39 is 11.9 Å². The Balaban J connectivity index is 0.000000438. The first-order valence-electron chi connectivity index (χ1n) is 9.62. The number of aliphatic carboxylic acids is 2. The molecule has 6 heteroatoms. The van der Waals surface area contributed by atoms with Gasteiger partial charge in [0.15, 0.2) is 0 Å². The maximum Gasteiger partial charge on any atom is 0.414 e. The average molecular weight is 396 g/mol. The predicted molar refractivity (Wildman–Crippen MR) is 114 cm³/mol. The van der Waals surface area contributed by atoms with Crippen molar-refractivity contribution in [3.05, 3.63) is 77.4 Å². The maximum absolute atomic E-state index is 9.10. The summed E-state index contributed by atoms with van der Waals surface area (Å²) in [5, 5.41) is 14.8. The molecule has 0 bridgehead atoms. The lowest BCUT2D eigenvalue weighted by Gasteiger charge is -2.34. The standard InChI is InChI=1S/C21H26N2.C2H2O4/c1-19-7-5-10-21(17-19)18-23-15-13-22(14-16-23)12-6-11-20-8-3-2-4-9-20;3-1(4)2(5)6/h2-11,17H,12-16,18H2,1H3;(H,3,4)(H,5,6). The van der Waals surface area contributed by atoms with E-state index in [1.54, 1.807) is 0 Å². The summed E-state index contributed by atoms with van der Waals surface area (Å²) in [5.41, 5.74) is 4.07. The average Bonchev–Trinajstić information content (AvgIpc) is 2.71. The fourth-order valence-electron chi connectivity index (χ4n) is 3.10. The van der Waals surface area contributed by atoms with Gasteiger partial charge in [-0.2, -0.15) is 0 Å². The fraction of sp³-hybridized carbons (Fsp3) is 0.304. The summed E-state index contributed by atoms with van der Waals surface area (Å²) >= 11 is 0. The largest absolute Gasteiger partial charge is 0.473 e. The highest BCUT2D eigenvalue weighted by atomic mass is 16.4. The van der Waals surface area contributed by atoms with E-state index in [-0.39, 0.29) is 0 Å². The van der Waals surface area contributed by atoms with E-state index in [2.05, 4.69) is 83.5 Å². The molecule has 2 aromatic rings. The number of nitrogens with zero attached hydrogens (tertiary/aromatic N) is 2. The Labute approximate surface area is 171 Å². The Morgan fingerprint density at radius 1 is 0.897 bits per heavy atom. The van der Waals surface area contributed by atoms with Crippen LogP contribution in [0.15, 0.2) is 60.7 Å². The van der Waals surface area contributed by atoms with Gasteiger partial charge in [-0.25, -0.2) is 9.59 Å². The van der Waals surface area contributed by atoms with Crippen LogP contribution in [-0.2, 0) is 16.1 Å². The molecule has 1 fully saturated rings.